The van der Waals surface area contributed by atoms with Gasteiger partial charge in [0.1, 0.15) is 0 Å². The van der Waals surface area contributed by atoms with Gasteiger partial charge in [-0.25, -0.2) is 0 Å². The van der Waals surface area contributed by atoms with Gasteiger partial charge in [-0.1, -0.05) is 13.0 Å². The van der Waals surface area contributed by atoms with Crippen LogP contribution in [0, 0.1) is 12.8 Å². The summed E-state index contributed by atoms with van der Waals surface area (Å²) in [5.74, 6) is 0.662. The summed E-state index contributed by atoms with van der Waals surface area (Å²) in [5.41, 5.74) is 9.19. The zero-order chi connectivity index (χ0) is 12.4. The predicted octanol–water partition coefficient (Wildman–Crippen LogP) is 2.33. The molecule has 94 valence electrons. The second kappa shape index (κ2) is 4.96. The lowest BCUT2D eigenvalue weighted by atomic mass is 9.94. The summed E-state index contributed by atoms with van der Waals surface area (Å²) in [6.07, 6.45) is 1.19. The van der Waals surface area contributed by atoms with Crippen LogP contribution >= 0.6 is 0 Å². The number of hydrogen-bond acceptors (Lipinski definition) is 3. The molecular formula is C14H23N3. The van der Waals surface area contributed by atoms with Crippen LogP contribution in [-0.4, -0.2) is 31.1 Å². The fourth-order valence-corrected chi connectivity index (χ4v) is 2.58. The highest BCUT2D eigenvalue weighted by Crippen LogP contribution is 2.25. The average molecular weight is 233 g/mol. The topological polar surface area (TPSA) is 41.3 Å². The Bertz CT molecular complexity index is 389. The number of rotatable bonds is 2. The molecule has 3 N–H and O–H groups in total. The van der Waals surface area contributed by atoms with Gasteiger partial charge in [-0.2, -0.15) is 0 Å². The number of hydrogen-bond donors (Lipinski definition) is 2. The smallest absolute Gasteiger partial charge is 0.0576 e. The molecule has 2 rings (SSSR count). The molecule has 0 spiro atoms. The van der Waals surface area contributed by atoms with Crippen molar-refractivity contribution >= 4 is 11.4 Å². The maximum atomic E-state index is 6.04. The molecular weight excluding hydrogens is 210 g/mol. The molecule has 17 heavy (non-hydrogen) atoms. The molecule has 0 saturated carbocycles. The van der Waals surface area contributed by atoms with E-state index in [4.69, 9.17) is 5.73 Å². The summed E-state index contributed by atoms with van der Waals surface area (Å²) >= 11 is 0. The van der Waals surface area contributed by atoms with E-state index in [1.807, 2.05) is 6.07 Å². The third kappa shape index (κ3) is 2.91. The molecule has 0 aliphatic carbocycles. The molecule has 1 heterocycles. The molecule has 1 aliphatic rings. The van der Waals surface area contributed by atoms with E-state index in [-0.39, 0.29) is 0 Å². The van der Waals surface area contributed by atoms with Crippen molar-refractivity contribution in [2.24, 2.45) is 5.92 Å². The maximum Gasteiger partial charge on any atom is 0.0576 e. The molecule has 1 aromatic carbocycles. The van der Waals surface area contributed by atoms with E-state index in [1.54, 1.807) is 0 Å². The summed E-state index contributed by atoms with van der Waals surface area (Å²) < 4.78 is 0. The molecule has 3 nitrogen and oxygen atoms in total. The fourth-order valence-electron chi connectivity index (χ4n) is 2.58. The Hall–Kier alpha value is -1.22. The van der Waals surface area contributed by atoms with E-state index in [0.29, 0.717) is 12.0 Å². The fraction of sp³-hybridized carbons (Fsp3) is 0.571. The van der Waals surface area contributed by atoms with Crippen LogP contribution in [0.25, 0.3) is 0 Å². The van der Waals surface area contributed by atoms with Crippen LogP contribution in [0.4, 0.5) is 11.4 Å². The first kappa shape index (κ1) is 12.2. The molecule has 2 atom stereocenters. The van der Waals surface area contributed by atoms with Crippen molar-refractivity contribution < 1.29 is 0 Å². The Morgan fingerprint density at radius 1 is 1.41 bits per heavy atom. The molecule has 1 aromatic rings. The summed E-state index contributed by atoms with van der Waals surface area (Å²) in [6, 6.07) is 6.77. The van der Waals surface area contributed by atoms with Gasteiger partial charge in [-0.05, 0) is 50.6 Å². The van der Waals surface area contributed by atoms with Crippen molar-refractivity contribution in [3.8, 4) is 0 Å². The summed E-state index contributed by atoms with van der Waals surface area (Å²) in [4.78, 5) is 2.39. The number of benzene rings is 1. The lowest BCUT2D eigenvalue weighted by molar-refractivity contribution is 0.206. The van der Waals surface area contributed by atoms with Crippen LogP contribution in [0.5, 0.6) is 0 Å². The lowest BCUT2D eigenvalue weighted by Crippen LogP contribution is -2.43. The van der Waals surface area contributed by atoms with Crippen LogP contribution in [0.1, 0.15) is 18.9 Å². The van der Waals surface area contributed by atoms with Crippen molar-refractivity contribution in [3.63, 3.8) is 0 Å². The summed E-state index contributed by atoms with van der Waals surface area (Å²) in [7, 11) is 2.19. The zero-order valence-corrected chi connectivity index (χ0v) is 11.0. The number of anilines is 2. The number of likely N-dealkylation sites (tertiary alicyclic amines) is 1. The first-order valence-corrected chi connectivity index (χ1v) is 6.37. The van der Waals surface area contributed by atoms with Gasteiger partial charge in [0.2, 0.25) is 0 Å². The monoisotopic (exact) mass is 233 g/mol. The van der Waals surface area contributed by atoms with Crippen molar-refractivity contribution in [1.82, 2.24) is 4.90 Å². The number of nitrogens with zero attached hydrogens (tertiary/aromatic N) is 1. The largest absolute Gasteiger partial charge is 0.397 e. The number of nitrogens with two attached hydrogens (primary N) is 1. The Kier molecular flexibility index (Phi) is 3.57. The van der Waals surface area contributed by atoms with E-state index in [0.717, 1.165) is 24.5 Å². The second-order valence-electron chi connectivity index (χ2n) is 5.37. The van der Waals surface area contributed by atoms with E-state index >= 15 is 0 Å². The molecule has 0 bridgehead atoms. The third-order valence-electron chi connectivity index (χ3n) is 3.66. The van der Waals surface area contributed by atoms with Crippen LogP contribution in [-0.2, 0) is 0 Å². The van der Waals surface area contributed by atoms with Gasteiger partial charge in [-0.3, -0.25) is 0 Å². The average Bonchev–Trinajstić information content (AvgIpc) is 2.25. The van der Waals surface area contributed by atoms with Crippen LogP contribution in [0.15, 0.2) is 18.2 Å². The number of nitrogens with one attached hydrogen (secondary N) is 1. The highest BCUT2D eigenvalue weighted by molar-refractivity contribution is 5.67. The highest BCUT2D eigenvalue weighted by Gasteiger charge is 2.24. The van der Waals surface area contributed by atoms with E-state index < -0.39 is 0 Å². The lowest BCUT2D eigenvalue weighted by Gasteiger charge is -2.36. The molecule has 3 heteroatoms. The summed E-state index contributed by atoms with van der Waals surface area (Å²) in [5, 5.41) is 3.60. The molecule has 2 unspecified atom stereocenters. The van der Waals surface area contributed by atoms with Gasteiger partial charge in [0.05, 0.1) is 11.4 Å². The van der Waals surface area contributed by atoms with E-state index in [1.165, 1.54) is 12.0 Å². The predicted molar refractivity (Wildman–Crippen MR) is 74.3 cm³/mol. The number of piperidine rings is 1. The molecule has 0 aromatic heterocycles. The van der Waals surface area contributed by atoms with Crippen LogP contribution in [0.3, 0.4) is 0 Å². The standard InChI is InChI=1S/C14H23N3/c1-10-4-5-14(12(15)8-10)16-13-6-7-17(3)9-11(13)2/h4-5,8,11,13,16H,6-7,9,15H2,1-3H3. The Balaban J connectivity index is 2.05. The minimum absolute atomic E-state index is 0.538. The first-order chi connectivity index (χ1) is 8.06. The van der Waals surface area contributed by atoms with Gasteiger partial charge in [-0.15, -0.1) is 0 Å². The van der Waals surface area contributed by atoms with E-state index in [2.05, 4.69) is 43.2 Å². The Morgan fingerprint density at radius 3 is 2.82 bits per heavy atom. The molecule has 0 amide bonds. The molecule has 1 saturated heterocycles. The minimum Gasteiger partial charge on any atom is -0.397 e. The van der Waals surface area contributed by atoms with Gasteiger partial charge in [0.15, 0.2) is 0 Å². The van der Waals surface area contributed by atoms with Gasteiger partial charge in [0.25, 0.3) is 0 Å². The minimum atomic E-state index is 0.538. The molecule has 0 radical (unpaired) electrons. The van der Waals surface area contributed by atoms with Crippen molar-refractivity contribution in [2.75, 3.05) is 31.2 Å². The first-order valence-electron chi connectivity index (χ1n) is 6.37. The number of nitrogen functional groups attached to an aromatic ring is 1. The molecule has 1 fully saturated rings. The van der Waals surface area contributed by atoms with Gasteiger partial charge in [0, 0.05) is 12.6 Å². The SMILES string of the molecule is Cc1ccc(NC2CCN(C)CC2C)c(N)c1. The van der Waals surface area contributed by atoms with Crippen molar-refractivity contribution in [1.29, 1.82) is 0 Å². The third-order valence-corrected chi connectivity index (χ3v) is 3.66. The van der Waals surface area contributed by atoms with Crippen LogP contribution in [0.2, 0.25) is 0 Å². The Morgan fingerprint density at radius 2 is 2.18 bits per heavy atom. The zero-order valence-electron chi connectivity index (χ0n) is 11.0. The highest BCUT2D eigenvalue weighted by atomic mass is 15.1. The van der Waals surface area contributed by atoms with Gasteiger partial charge >= 0.3 is 0 Å². The summed E-state index contributed by atoms with van der Waals surface area (Å²) in [6.45, 7) is 6.69. The Labute approximate surface area is 104 Å². The van der Waals surface area contributed by atoms with Crippen molar-refractivity contribution in [2.45, 2.75) is 26.3 Å². The van der Waals surface area contributed by atoms with Crippen molar-refractivity contribution in [3.05, 3.63) is 23.8 Å². The second-order valence-corrected chi connectivity index (χ2v) is 5.37. The normalized spacial score (nSPS) is 25.8. The maximum absolute atomic E-state index is 6.04. The van der Waals surface area contributed by atoms with Crippen LogP contribution < -0.4 is 11.1 Å². The molecule has 1 aliphatic heterocycles. The number of aryl methyl sites for hydroxylation is 1. The van der Waals surface area contributed by atoms with Gasteiger partial charge < -0.3 is 16.0 Å². The van der Waals surface area contributed by atoms with E-state index in [9.17, 15) is 0 Å². The quantitative estimate of drug-likeness (QED) is 0.770.